The molecule has 18 heavy (non-hydrogen) atoms. The molecule has 0 spiro atoms. The normalized spacial score (nSPS) is 43.1. The first-order chi connectivity index (χ1) is 8.75. The van der Waals surface area contributed by atoms with Gasteiger partial charge >= 0.3 is 0 Å². The van der Waals surface area contributed by atoms with Gasteiger partial charge < -0.3 is 5.11 Å². The van der Waals surface area contributed by atoms with Gasteiger partial charge in [-0.15, -0.1) is 0 Å². The lowest BCUT2D eigenvalue weighted by Crippen LogP contribution is -3.55. The number of aliphatic hydroxyl groups is 1. The molecule has 4 heteroatoms. The highest BCUT2D eigenvalue weighted by atomic mass is 16.3. The van der Waals surface area contributed by atoms with E-state index in [0.717, 1.165) is 25.2 Å². The van der Waals surface area contributed by atoms with E-state index in [0.29, 0.717) is 0 Å². The highest BCUT2D eigenvalue weighted by Crippen LogP contribution is 2.32. The minimum atomic E-state index is -0.292. The zero-order chi connectivity index (χ0) is 12.2. The Balaban J connectivity index is 1.67. The average Bonchev–Trinajstić information content (AvgIpc) is 2.37. The third-order valence-corrected chi connectivity index (χ3v) is 5.00. The lowest BCUT2D eigenvalue weighted by Gasteiger charge is -2.53. The van der Waals surface area contributed by atoms with E-state index in [4.69, 9.17) is 0 Å². The fourth-order valence-electron chi connectivity index (χ4n) is 4.58. The Hall–Kier alpha value is -0.940. The Morgan fingerprint density at radius 3 is 1.89 bits per heavy atom. The first-order valence-corrected chi connectivity index (χ1v) is 6.99. The summed E-state index contributed by atoms with van der Waals surface area (Å²) in [6.45, 7) is 7.22. The molecule has 4 saturated heterocycles. The maximum Gasteiger partial charge on any atom is 0.213 e. The second-order valence-corrected chi connectivity index (χ2v) is 6.49. The topological polar surface area (TPSA) is 33.6 Å². The molecule has 4 heterocycles. The molecule has 4 bridgehead atoms. The number of benzene rings is 1. The predicted molar refractivity (Wildman–Crippen MR) is 65.9 cm³/mol. The fourth-order valence-corrected chi connectivity index (χ4v) is 4.58. The van der Waals surface area contributed by atoms with Crippen LogP contribution in [0.15, 0.2) is 30.3 Å². The molecule has 0 amide bonds. The van der Waals surface area contributed by atoms with E-state index in [2.05, 4.69) is 12.1 Å². The van der Waals surface area contributed by atoms with Crippen LogP contribution in [0.2, 0.25) is 0 Å². The molecule has 0 aliphatic carbocycles. The molecular weight excluding hydrogens is 226 g/mol. The molecule has 96 valence electrons. The third-order valence-electron chi connectivity index (χ3n) is 5.00. The number of quaternary nitrogens is 3. The Morgan fingerprint density at radius 2 is 1.39 bits per heavy atom. The Bertz CT molecular complexity index is 412. The van der Waals surface area contributed by atoms with Crippen molar-refractivity contribution in [2.24, 2.45) is 5.41 Å². The summed E-state index contributed by atoms with van der Waals surface area (Å²) < 4.78 is 0. The summed E-state index contributed by atoms with van der Waals surface area (Å²) in [5, 5.41) is 10.8. The number of nitrogens with one attached hydrogen (secondary N) is 3. The Labute approximate surface area is 107 Å². The maximum absolute atomic E-state index is 10.8. The van der Waals surface area contributed by atoms with E-state index in [1.54, 1.807) is 14.7 Å². The van der Waals surface area contributed by atoms with Gasteiger partial charge in [0.2, 0.25) is 20.0 Å². The van der Waals surface area contributed by atoms with Crippen LogP contribution in [0.25, 0.3) is 0 Å². The first kappa shape index (κ1) is 10.9. The lowest BCUT2D eigenvalue weighted by molar-refractivity contribution is -1.30. The highest BCUT2D eigenvalue weighted by Gasteiger charge is 2.60. The third kappa shape index (κ3) is 1.53. The summed E-state index contributed by atoms with van der Waals surface area (Å²) >= 11 is 0. The van der Waals surface area contributed by atoms with Crippen LogP contribution >= 0.6 is 0 Å². The number of aliphatic hydroxyl groups excluding tert-OH is 1. The summed E-state index contributed by atoms with van der Waals surface area (Å²) in [5.41, 5.74) is 1.21. The Kier molecular flexibility index (Phi) is 2.29. The zero-order valence-corrected chi connectivity index (χ0v) is 10.7. The average molecular weight is 248 g/mol. The molecule has 4 fully saturated rings. The zero-order valence-electron chi connectivity index (χ0n) is 10.7. The van der Waals surface area contributed by atoms with Gasteiger partial charge in [0.1, 0.15) is 31.2 Å². The van der Waals surface area contributed by atoms with Gasteiger partial charge in [-0.2, -0.15) is 0 Å². The van der Waals surface area contributed by atoms with Crippen LogP contribution in [0.4, 0.5) is 0 Å². The monoisotopic (exact) mass is 248 g/mol. The predicted octanol–water partition coefficient (Wildman–Crippen LogP) is -3.73. The van der Waals surface area contributed by atoms with Crippen LogP contribution in [0, 0.1) is 5.41 Å². The molecule has 4 N–H and O–H groups in total. The molecule has 1 atom stereocenters. The molecule has 0 radical (unpaired) electrons. The minimum Gasteiger partial charge on any atom is -0.387 e. The number of rotatable bonds is 2. The molecule has 0 unspecified atom stereocenters. The van der Waals surface area contributed by atoms with Crippen molar-refractivity contribution < 1.29 is 19.8 Å². The summed E-state index contributed by atoms with van der Waals surface area (Å²) in [5.74, 6) is 0. The SMILES string of the molecule is O[C@H](c1ccccc1)C12C[NH+]3C[NH+](C[NH+](C3)C1)C2. The quantitative estimate of drug-likeness (QED) is 0.427. The molecule has 4 nitrogen and oxygen atoms in total. The van der Waals surface area contributed by atoms with Gasteiger partial charge in [0, 0.05) is 0 Å². The molecule has 4 aliphatic heterocycles. The van der Waals surface area contributed by atoms with Crippen molar-refractivity contribution in [2.75, 3.05) is 39.6 Å². The van der Waals surface area contributed by atoms with Crippen molar-refractivity contribution >= 4 is 0 Å². The van der Waals surface area contributed by atoms with Gasteiger partial charge in [-0.05, 0) is 5.56 Å². The molecule has 1 aromatic carbocycles. The second-order valence-electron chi connectivity index (χ2n) is 6.49. The molecule has 0 aromatic heterocycles. The number of hydrogen-bond acceptors (Lipinski definition) is 1. The molecular formula is C14H22N3O+3. The van der Waals surface area contributed by atoms with Gasteiger partial charge in [0.25, 0.3) is 0 Å². The van der Waals surface area contributed by atoms with Crippen molar-refractivity contribution in [3.8, 4) is 0 Å². The lowest BCUT2D eigenvalue weighted by atomic mass is 9.74. The molecule has 5 rings (SSSR count). The minimum absolute atomic E-state index is 0.107. The largest absolute Gasteiger partial charge is 0.387 e. The summed E-state index contributed by atoms with van der Waals surface area (Å²) in [4.78, 5) is 5.04. The smallest absolute Gasteiger partial charge is 0.213 e. The summed E-state index contributed by atoms with van der Waals surface area (Å²) in [6, 6.07) is 10.2. The summed E-state index contributed by atoms with van der Waals surface area (Å²) in [7, 11) is 0. The molecule has 4 aliphatic rings. The fraction of sp³-hybridized carbons (Fsp3) is 0.571. The van der Waals surface area contributed by atoms with Crippen molar-refractivity contribution in [1.82, 2.24) is 0 Å². The van der Waals surface area contributed by atoms with E-state index in [1.807, 2.05) is 18.2 Å². The molecule has 0 saturated carbocycles. The van der Waals surface area contributed by atoms with Gasteiger partial charge in [0.05, 0.1) is 0 Å². The van der Waals surface area contributed by atoms with Crippen molar-refractivity contribution in [1.29, 1.82) is 0 Å². The van der Waals surface area contributed by atoms with Gasteiger partial charge in [-0.25, -0.2) is 14.7 Å². The van der Waals surface area contributed by atoms with Gasteiger partial charge in [-0.1, -0.05) is 30.3 Å². The highest BCUT2D eigenvalue weighted by molar-refractivity contribution is 5.20. The van der Waals surface area contributed by atoms with Crippen LogP contribution in [-0.4, -0.2) is 44.7 Å². The van der Waals surface area contributed by atoms with E-state index in [-0.39, 0.29) is 11.5 Å². The maximum atomic E-state index is 10.8. The molecule has 1 aromatic rings. The van der Waals surface area contributed by atoms with Crippen molar-refractivity contribution in [3.05, 3.63) is 35.9 Å². The second kappa shape index (κ2) is 3.78. The van der Waals surface area contributed by atoms with Crippen LogP contribution in [0.3, 0.4) is 0 Å². The van der Waals surface area contributed by atoms with Crippen molar-refractivity contribution in [3.63, 3.8) is 0 Å². The van der Waals surface area contributed by atoms with Crippen LogP contribution in [-0.2, 0) is 0 Å². The van der Waals surface area contributed by atoms with Crippen LogP contribution in [0.1, 0.15) is 11.7 Å². The van der Waals surface area contributed by atoms with E-state index >= 15 is 0 Å². The van der Waals surface area contributed by atoms with Crippen molar-refractivity contribution in [2.45, 2.75) is 6.10 Å². The summed E-state index contributed by atoms with van der Waals surface area (Å²) in [6.07, 6.45) is -0.292. The van der Waals surface area contributed by atoms with Crippen LogP contribution < -0.4 is 14.7 Å². The van der Waals surface area contributed by atoms with Gasteiger partial charge in [0.15, 0.2) is 0 Å². The van der Waals surface area contributed by atoms with E-state index in [1.165, 1.54) is 20.0 Å². The van der Waals surface area contributed by atoms with Crippen LogP contribution in [0.5, 0.6) is 0 Å². The van der Waals surface area contributed by atoms with Gasteiger partial charge in [-0.3, -0.25) is 0 Å². The number of hydrogen-bond donors (Lipinski definition) is 4. The Morgan fingerprint density at radius 1 is 0.889 bits per heavy atom. The first-order valence-electron chi connectivity index (χ1n) is 6.99. The van der Waals surface area contributed by atoms with E-state index < -0.39 is 0 Å². The van der Waals surface area contributed by atoms with E-state index in [9.17, 15) is 5.11 Å². The standard InChI is InChI=1S/C14H19N3O/c18-13(12-4-2-1-3-5-12)14-6-15-9-16(7-14)11-17(8-14)10-15/h1-5,13,18H,6-11H2/p+3/t13-/m1/s1.